The standard InChI is InChI=1S/C26H33N5/c1-20-18-24(14-17-31(20)19-21-8-4-3-5-9-21)30-26(27-2)29-16-13-23-11-6-10-22-12-7-15-28-25(22)23/h3-12,15,20,24H,13-14,16-19H2,1-2H3,(H2,27,29,30). The van der Waals surface area contributed by atoms with Gasteiger partial charge in [0.25, 0.3) is 0 Å². The van der Waals surface area contributed by atoms with Gasteiger partial charge in [-0.05, 0) is 43.4 Å². The summed E-state index contributed by atoms with van der Waals surface area (Å²) in [6.45, 7) is 5.30. The molecule has 31 heavy (non-hydrogen) atoms. The van der Waals surface area contributed by atoms with Crippen LogP contribution in [0.1, 0.15) is 30.9 Å². The lowest BCUT2D eigenvalue weighted by molar-refractivity contribution is 0.134. The fraction of sp³-hybridized carbons (Fsp3) is 0.385. The highest BCUT2D eigenvalue weighted by Crippen LogP contribution is 2.20. The number of likely N-dealkylation sites (tertiary alicyclic amines) is 1. The second kappa shape index (κ2) is 10.4. The molecule has 2 atom stereocenters. The number of guanidine groups is 1. The number of fused-ring (bicyclic) bond motifs is 1. The number of benzene rings is 2. The third-order valence-corrected chi connectivity index (χ3v) is 6.21. The van der Waals surface area contributed by atoms with Crippen molar-refractivity contribution in [1.29, 1.82) is 0 Å². The van der Waals surface area contributed by atoms with Crippen molar-refractivity contribution in [1.82, 2.24) is 20.5 Å². The number of aromatic nitrogens is 1. The second-order valence-corrected chi connectivity index (χ2v) is 8.41. The minimum Gasteiger partial charge on any atom is -0.356 e. The molecule has 1 aliphatic rings. The van der Waals surface area contributed by atoms with Gasteiger partial charge in [-0.15, -0.1) is 0 Å². The highest BCUT2D eigenvalue weighted by Gasteiger charge is 2.25. The van der Waals surface area contributed by atoms with Gasteiger partial charge in [0.15, 0.2) is 5.96 Å². The molecule has 0 spiro atoms. The molecule has 4 rings (SSSR count). The molecule has 1 aromatic heterocycles. The summed E-state index contributed by atoms with van der Waals surface area (Å²) in [5, 5.41) is 8.33. The van der Waals surface area contributed by atoms with E-state index in [9.17, 15) is 0 Å². The van der Waals surface area contributed by atoms with Crippen LogP contribution in [0.3, 0.4) is 0 Å². The first-order chi connectivity index (χ1) is 15.2. The van der Waals surface area contributed by atoms with Crippen molar-refractivity contribution in [3.05, 3.63) is 78.0 Å². The van der Waals surface area contributed by atoms with Crippen molar-refractivity contribution in [3.8, 4) is 0 Å². The maximum absolute atomic E-state index is 4.56. The van der Waals surface area contributed by atoms with Crippen LogP contribution in [0.2, 0.25) is 0 Å². The van der Waals surface area contributed by atoms with Gasteiger partial charge in [-0.2, -0.15) is 0 Å². The highest BCUT2D eigenvalue weighted by molar-refractivity contribution is 5.82. The minimum atomic E-state index is 0.451. The molecule has 0 bridgehead atoms. The van der Waals surface area contributed by atoms with Crippen LogP contribution in [0.25, 0.3) is 10.9 Å². The summed E-state index contributed by atoms with van der Waals surface area (Å²) in [6.07, 6.45) is 5.04. The topological polar surface area (TPSA) is 52.6 Å². The molecule has 3 aromatic rings. The number of nitrogens with zero attached hydrogens (tertiary/aromatic N) is 3. The van der Waals surface area contributed by atoms with Crippen molar-refractivity contribution in [3.63, 3.8) is 0 Å². The molecule has 2 unspecified atom stereocenters. The maximum Gasteiger partial charge on any atom is 0.191 e. The quantitative estimate of drug-likeness (QED) is 0.472. The number of nitrogens with one attached hydrogen (secondary N) is 2. The molecular formula is C26H33N5. The Kier molecular flexibility index (Phi) is 7.15. The smallest absolute Gasteiger partial charge is 0.191 e. The average Bonchev–Trinajstić information content (AvgIpc) is 2.81. The molecule has 2 heterocycles. The summed E-state index contributed by atoms with van der Waals surface area (Å²) in [4.78, 5) is 11.6. The fourth-order valence-corrected chi connectivity index (χ4v) is 4.48. The SMILES string of the molecule is CN=C(NCCc1cccc2cccnc12)NC1CCN(Cc2ccccc2)C(C)C1. The molecule has 2 aromatic carbocycles. The van der Waals surface area contributed by atoms with Crippen LogP contribution in [-0.2, 0) is 13.0 Å². The largest absolute Gasteiger partial charge is 0.356 e. The highest BCUT2D eigenvalue weighted by atomic mass is 15.2. The van der Waals surface area contributed by atoms with Crippen LogP contribution in [0.15, 0.2) is 71.9 Å². The maximum atomic E-state index is 4.56. The van der Waals surface area contributed by atoms with Crippen molar-refractivity contribution in [2.45, 2.75) is 44.8 Å². The first-order valence-corrected chi connectivity index (χ1v) is 11.3. The van der Waals surface area contributed by atoms with Gasteiger partial charge in [0.05, 0.1) is 5.52 Å². The van der Waals surface area contributed by atoms with Gasteiger partial charge in [0, 0.05) is 50.3 Å². The first-order valence-electron chi connectivity index (χ1n) is 11.3. The number of aliphatic imine (C=N–C) groups is 1. The predicted molar refractivity (Wildman–Crippen MR) is 129 cm³/mol. The van der Waals surface area contributed by atoms with Crippen LogP contribution in [0, 0.1) is 0 Å². The van der Waals surface area contributed by atoms with Gasteiger partial charge in [-0.3, -0.25) is 14.9 Å². The number of para-hydroxylation sites is 1. The van der Waals surface area contributed by atoms with Crippen LogP contribution in [-0.4, -0.2) is 48.1 Å². The second-order valence-electron chi connectivity index (χ2n) is 8.41. The van der Waals surface area contributed by atoms with E-state index in [1.54, 1.807) is 0 Å². The molecule has 0 radical (unpaired) electrons. The minimum absolute atomic E-state index is 0.451. The van der Waals surface area contributed by atoms with E-state index in [2.05, 4.69) is 87.0 Å². The molecule has 5 heteroatoms. The zero-order valence-corrected chi connectivity index (χ0v) is 18.6. The Balaban J connectivity index is 1.26. The van der Waals surface area contributed by atoms with E-state index in [4.69, 9.17) is 0 Å². The fourth-order valence-electron chi connectivity index (χ4n) is 4.48. The summed E-state index contributed by atoms with van der Waals surface area (Å²) >= 11 is 0. The van der Waals surface area contributed by atoms with E-state index >= 15 is 0 Å². The lowest BCUT2D eigenvalue weighted by Crippen LogP contribution is -2.51. The molecule has 5 nitrogen and oxygen atoms in total. The Hall–Kier alpha value is -2.92. The van der Waals surface area contributed by atoms with E-state index in [1.165, 1.54) is 16.5 Å². The van der Waals surface area contributed by atoms with Crippen molar-refractivity contribution in [2.75, 3.05) is 20.1 Å². The number of hydrogen-bond donors (Lipinski definition) is 2. The Labute approximate surface area is 185 Å². The van der Waals surface area contributed by atoms with E-state index in [1.807, 2.05) is 19.3 Å². The van der Waals surface area contributed by atoms with E-state index in [0.29, 0.717) is 12.1 Å². The summed E-state index contributed by atoms with van der Waals surface area (Å²) < 4.78 is 0. The van der Waals surface area contributed by atoms with Gasteiger partial charge in [-0.1, -0.05) is 54.6 Å². The van der Waals surface area contributed by atoms with Crippen LogP contribution in [0.4, 0.5) is 0 Å². The normalized spacial score (nSPS) is 20.0. The van der Waals surface area contributed by atoms with Gasteiger partial charge in [-0.25, -0.2) is 0 Å². The molecule has 1 aliphatic heterocycles. The van der Waals surface area contributed by atoms with Crippen LogP contribution in [0.5, 0.6) is 0 Å². The molecule has 0 saturated carbocycles. The Bertz CT molecular complexity index is 996. The Morgan fingerprint density at radius 3 is 2.74 bits per heavy atom. The number of pyridine rings is 1. The van der Waals surface area contributed by atoms with Crippen molar-refractivity contribution >= 4 is 16.9 Å². The summed E-state index contributed by atoms with van der Waals surface area (Å²) in [6, 6.07) is 22.3. The van der Waals surface area contributed by atoms with E-state index < -0.39 is 0 Å². The molecule has 1 fully saturated rings. The van der Waals surface area contributed by atoms with Crippen LogP contribution < -0.4 is 10.6 Å². The van der Waals surface area contributed by atoms with Gasteiger partial charge in [0.2, 0.25) is 0 Å². The average molecular weight is 416 g/mol. The summed E-state index contributed by atoms with van der Waals surface area (Å²) in [5.41, 5.74) is 3.75. The lowest BCUT2D eigenvalue weighted by Gasteiger charge is -2.38. The molecule has 0 aliphatic carbocycles. The number of hydrogen-bond acceptors (Lipinski definition) is 3. The first kappa shape index (κ1) is 21.3. The zero-order chi connectivity index (χ0) is 21.5. The van der Waals surface area contributed by atoms with Gasteiger partial charge < -0.3 is 10.6 Å². The van der Waals surface area contributed by atoms with Gasteiger partial charge >= 0.3 is 0 Å². The predicted octanol–water partition coefficient (Wildman–Crippen LogP) is 4.00. The van der Waals surface area contributed by atoms with Gasteiger partial charge in [0.1, 0.15) is 0 Å². The molecular weight excluding hydrogens is 382 g/mol. The zero-order valence-electron chi connectivity index (χ0n) is 18.6. The molecule has 2 N–H and O–H groups in total. The molecule has 0 amide bonds. The van der Waals surface area contributed by atoms with E-state index in [0.717, 1.165) is 50.4 Å². The van der Waals surface area contributed by atoms with E-state index in [-0.39, 0.29) is 0 Å². The van der Waals surface area contributed by atoms with Crippen molar-refractivity contribution < 1.29 is 0 Å². The van der Waals surface area contributed by atoms with Crippen molar-refractivity contribution in [2.24, 2.45) is 4.99 Å². The molecule has 162 valence electrons. The lowest BCUT2D eigenvalue weighted by atomic mass is 9.97. The van der Waals surface area contributed by atoms with Crippen LogP contribution >= 0.6 is 0 Å². The summed E-state index contributed by atoms with van der Waals surface area (Å²) in [7, 11) is 1.85. The number of rotatable bonds is 6. The monoisotopic (exact) mass is 415 g/mol. The summed E-state index contributed by atoms with van der Waals surface area (Å²) in [5.74, 6) is 0.891. The third-order valence-electron chi connectivity index (χ3n) is 6.21. The Morgan fingerprint density at radius 1 is 1.10 bits per heavy atom. The Morgan fingerprint density at radius 2 is 1.94 bits per heavy atom. The number of piperidine rings is 1. The molecule has 1 saturated heterocycles. The third kappa shape index (κ3) is 5.61.